The fourth-order valence-corrected chi connectivity index (χ4v) is 13.3. The van der Waals surface area contributed by atoms with Gasteiger partial charge < -0.3 is 27.2 Å². The lowest BCUT2D eigenvalue weighted by molar-refractivity contribution is -0.136. The zero-order valence-corrected chi connectivity index (χ0v) is 43.0. The molecule has 4 rings (SSSR count). The number of H-pyrrole nitrogens is 2. The van der Waals surface area contributed by atoms with E-state index in [0.717, 1.165) is 63.5 Å². The third-order valence-electron chi connectivity index (χ3n) is 13.7. The SMILES string of the molecule is CCCCCC[Si](CCCCCC)(O[C@H]1O[C@@H](n2cc(C)c(=O)[nH]c2=O)C[C@@H]1CO[Si](C)(C)C(C)(C)C)O[C@H]1C[C@H](n2cc(C)c(=O)[nH]c2=O)O[C@@H]1CO[Si](C)(C)C(C)(C)C. The van der Waals surface area contributed by atoms with Gasteiger partial charge in [-0.2, -0.15) is 0 Å². The minimum Gasteiger partial charge on any atom is -0.416 e. The molecule has 2 aliphatic heterocycles. The lowest BCUT2D eigenvalue weighted by Gasteiger charge is -2.40. The quantitative estimate of drug-likeness (QED) is 0.0861. The molecule has 0 unspecified atom stereocenters. The Kier molecular flexibility index (Phi) is 17.8. The standard InChI is InChI=1S/C44H80N4O10Si3/c1-15-17-19-21-23-61(24-22-20-18-16-2,57-34-26-37(48-28-32(4)39(50)46-42(48)52)55-35(34)30-54-60(13,14)44(8,9)10)58-40-33(29-53-59(11,12)43(5,6)7)25-36(56-40)47-27-31(3)38(49)45-41(47)51/h27-28,33-37,40H,15-26,29-30H2,1-14H3,(H,45,49,51)(H,46,50,52)/t33-,34+,35-,36-,37-,40-/m1/s1. The summed E-state index contributed by atoms with van der Waals surface area (Å²) in [5.74, 6) is -0.229. The molecule has 0 amide bonds. The van der Waals surface area contributed by atoms with Crippen molar-refractivity contribution in [3.8, 4) is 0 Å². The van der Waals surface area contributed by atoms with E-state index < -0.39 is 78.6 Å². The molecule has 0 radical (unpaired) electrons. The van der Waals surface area contributed by atoms with E-state index in [0.29, 0.717) is 30.6 Å². The van der Waals surface area contributed by atoms with Crippen LogP contribution in [-0.2, 0) is 27.2 Å². The zero-order valence-electron chi connectivity index (χ0n) is 40.0. The summed E-state index contributed by atoms with van der Waals surface area (Å²) < 4.78 is 45.3. The minimum atomic E-state index is -3.24. The van der Waals surface area contributed by atoms with Crippen LogP contribution in [0.4, 0.5) is 0 Å². The molecular weight excluding hydrogens is 829 g/mol. The normalized spacial score (nSPS) is 23.0. The number of aromatic amines is 2. The number of aromatic nitrogens is 4. The second kappa shape index (κ2) is 21.2. The van der Waals surface area contributed by atoms with Crippen LogP contribution in [0.15, 0.2) is 31.6 Å². The molecule has 0 aromatic carbocycles. The smallest absolute Gasteiger partial charge is 0.340 e. The Morgan fingerprint density at radius 3 is 1.57 bits per heavy atom. The molecule has 2 aromatic rings. The summed E-state index contributed by atoms with van der Waals surface area (Å²) in [5.41, 5.74) is -1.09. The summed E-state index contributed by atoms with van der Waals surface area (Å²) in [6.45, 7) is 30.6. The second-order valence-corrected chi connectivity index (χ2v) is 33.6. The van der Waals surface area contributed by atoms with Gasteiger partial charge in [0.05, 0.1) is 12.7 Å². The average molecular weight is 909 g/mol. The topological polar surface area (TPSA) is 165 Å². The molecule has 6 atom stereocenters. The van der Waals surface area contributed by atoms with Crippen molar-refractivity contribution < 1.29 is 27.2 Å². The van der Waals surface area contributed by atoms with E-state index in [1.54, 1.807) is 26.2 Å². The van der Waals surface area contributed by atoms with Crippen LogP contribution in [0.2, 0.25) is 48.4 Å². The van der Waals surface area contributed by atoms with Crippen molar-refractivity contribution in [3.63, 3.8) is 0 Å². The van der Waals surface area contributed by atoms with E-state index in [1.165, 1.54) is 9.13 Å². The summed E-state index contributed by atoms with van der Waals surface area (Å²) in [4.78, 5) is 56.3. The molecule has 348 valence electrons. The molecule has 0 spiro atoms. The largest absolute Gasteiger partial charge is 0.416 e. The number of nitrogens with one attached hydrogen (secondary N) is 2. The first-order valence-electron chi connectivity index (χ1n) is 22.9. The number of unbranched alkanes of at least 4 members (excludes halogenated alkanes) is 6. The molecule has 61 heavy (non-hydrogen) atoms. The van der Waals surface area contributed by atoms with E-state index in [-0.39, 0.29) is 22.6 Å². The Morgan fingerprint density at radius 1 is 0.656 bits per heavy atom. The van der Waals surface area contributed by atoms with E-state index in [9.17, 15) is 19.2 Å². The van der Waals surface area contributed by atoms with Crippen molar-refractivity contribution in [1.29, 1.82) is 0 Å². The molecule has 4 heterocycles. The fourth-order valence-electron chi connectivity index (χ4n) is 7.44. The number of aryl methyl sites for hydroxylation is 2. The second-order valence-electron chi connectivity index (χ2n) is 20.7. The van der Waals surface area contributed by atoms with Gasteiger partial charge in [0, 0.05) is 48.9 Å². The van der Waals surface area contributed by atoms with Crippen molar-refractivity contribution in [2.45, 2.75) is 213 Å². The summed E-state index contributed by atoms with van der Waals surface area (Å²) in [5, 5.41) is -0.0687. The maximum Gasteiger partial charge on any atom is 0.340 e. The third kappa shape index (κ3) is 13.4. The monoisotopic (exact) mass is 909 g/mol. The molecule has 17 heteroatoms. The molecule has 2 N–H and O–H groups in total. The first-order chi connectivity index (χ1) is 28.3. The zero-order chi connectivity index (χ0) is 45.6. The van der Waals surface area contributed by atoms with Crippen molar-refractivity contribution in [3.05, 3.63) is 65.2 Å². The van der Waals surface area contributed by atoms with Crippen LogP contribution in [0.1, 0.15) is 143 Å². The fraction of sp³-hybridized carbons (Fsp3) is 0.818. The molecule has 2 aliphatic rings. The minimum absolute atomic E-state index is 0.0256. The van der Waals surface area contributed by atoms with Crippen LogP contribution in [0.5, 0.6) is 0 Å². The summed E-state index contributed by atoms with van der Waals surface area (Å²) in [6, 6.07) is 1.46. The average Bonchev–Trinajstić information content (AvgIpc) is 3.75. The highest BCUT2D eigenvalue weighted by atomic mass is 28.4. The van der Waals surface area contributed by atoms with Crippen LogP contribution in [-0.4, -0.2) is 76.0 Å². The molecule has 0 aliphatic carbocycles. The van der Waals surface area contributed by atoms with Gasteiger partial charge in [-0.1, -0.05) is 107 Å². The van der Waals surface area contributed by atoms with E-state index in [1.807, 2.05) is 0 Å². The number of rotatable bonds is 22. The lowest BCUT2D eigenvalue weighted by atomic mass is 10.1. The van der Waals surface area contributed by atoms with Crippen LogP contribution in [0.3, 0.4) is 0 Å². The van der Waals surface area contributed by atoms with Gasteiger partial charge in [-0.25, -0.2) is 9.59 Å². The maximum absolute atomic E-state index is 13.3. The molecular formula is C44H80N4O10Si3. The maximum atomic E-state index is 13.3. The first-order valence-corrected chi connectivity index (χ1v) is 31.0. The van der Waals surface area contributed by atoms with Crippen molar-refractivity contribution in [2.24, 2.45) is 5.92 Å². The van der Waals surface area contributed by atoms with Gasteiger partial charge >= 0.3 is 19.9 Å². The molecule has 2 saturated heterocycles. The Bertz CT molecular complexity index is 1820. The van der Waals surface area contributed by atoms with E-state index in [2.05, 4.69) is 91.5 Å². The van der Waals surface area contributed by atoms with Gasteiger partial charge in [0.15, 0.2) is 22.9 Å². The van der Waals surface area contributed by atoms with E-state index in [4.69, 9.17) is 27.2 Å². The Balaban J connectivity index is 1.81. The molecule has 0 saturated carbocycles. The molecule has 14 nitrogen and oxygen atoms in total. The molecule has 2 fully saturated rings. The first kappa shape index (κ1) is 51.4. The highest BCUT2D eigenvalue weighted by Gasteiger charge is 2.51. The molecule has 2 aromatic heterocycles. The predicted molar refractivity (Wildman–Crippen MR) is 249 cm³/mol. The van der Waals surface area contributed by atoms with Gasteiger partial charge in [-0.05, 0) is 62.2 Å². The lowest BCUT2D eigenvalue weighted by Crippen LogP contribution is -2.52. The Morgan fingerprint density at radius 2 is 1.11 bits per heavy atom. The van der Waals surface area contributed by atoms with Gasteiger partial charge in [0.25, 0.3) is 11.1 Å². The number of nitrogens with zero attached hydrogens (tertiary/aromatic N) is 2. The highest BCUT2D eigenvalue weighted by Crippen LogP contribution is 2.44. The summed E-state index contributed by atoms with van der Waals surface area (Å²) in [7, 11) is -7.68. The van der Waals surface area contributed by atoms with Crippen LogP contribution < -0.4 is 22.5 Å². The highest BCUT2D eigenvalue weighted by molar-refractivity contribution is 6.74. The van der Waals surface area contributed by atoms with Crippen molar-refractivity contribution >= 4 is 25.2 Å². The van der Waals surface area contributed by atoms with E-state index >= 15 is 0 Å². The molecule has 0 bridgehead atoms. The van der Waals surface area contributed by atoms with Crippen LogP contribution in [0, 0.1) is 19.8 Å². The Labute approximate surface area is 367 Å². The summed E-state index contributed by atoms with van der Waals surface area (Å²) >= 11 is 0. The van der Waals surface area contributed by atoms with Gasteiger partial charge in [-0.15, -0.1) is 0 Å². The third-order valence-corrected chi connectivity index (χ3v) is 26.3. The predicted octanol–water partition coefficient (Wildman–Crippen LogP) is 8.90. The van der Waals surface area contributed by atoms with Crippen LogP contribution >= 0.6 is 0 Å². The van der Waals surface area contributed by atoms with Crippen molar-refractivity contribution in [1.82, 2.24) is 19.1 Å². The number of hydrogen-bond acceptors (Lipinski definition) is 10. The van der Waals surface area contributed by atoms with Gasteiger partial charge in [0.1, 0.15) is 18.6 Å². The van der Waals surface area contributed by atoms with Gasteiger partial charge in [-0.3, -0.25) is 28.7 Å². The summed E-state index contributed by atoms with van der Waals surface area (Å²) in [6.07, 6.45) is 9.03. The Hall–Kier alpha value is -2.23. The van der Waals surface area contributed by atoms with Crippen molar-refractivity contribution in [2.75, 3.05) is 13.2 Å². The van der Waals surface area contributed by atoms with Gasteiger partial charge in [0.2, 0.25) is 0 Å². The number of hydrogen-bond donors (Lipinski definition) is 2. The number of ether oxygens (including phenoxy) is 2. The van der Waals surface area contributed by atoms with Crippen LogP contribution in [0.25, 0.3) is 0 Å².